The van der Waals surface area contributed by atoms with Crippen molar-refractivity contribution in [3.63, 3.8) is 0 Å². The fourth-order valence-corrected chi connectivity index (χ4v) is 1.70. The Labute approximate surface area is 108 Å². The quantitative estimate of drug-likeness (QED) is 0.908. The molecule has 17 heavy (non-hydrogen) atoms. The number of hydrogen-bond acceptors (Lipinski definition) is 3. The Morgan fingerprint density at radius 1 is 1.41 bits per heavy atom. The summed E-state index contributed by atoms with van der Waals surface area (Å²) in [6.45, 7) is 1.66. The molecule has 0 aliphatic carbocycles. The predicted molar refractivity (Wildman–Crippen MR) is 65.7 cm³/mol. The van der Waals surface area contributed by atoms with E-state index in [1.165, 1.54) is 6.20 Å². The molecule has 0 atom stereocenters. The molecule has 0 aliphatic heterocycles. The first-order valence-corrected chi connectivity index (χ1v) is 5.50. The minimum absolute atomic E-state index is 0.133. The van der Waals surface area contributed by atoms with Crippen molar-refractivity contribution >= 4 is 34.8 Å². The standard InChI is InChI=1S/C11H8Cl2N2O2/c1-6-14-5-10(17-6)11(16)15-9-3-2-7(12)4-8(9)13/h2-5H,1H3,(H,15,16). The van der Waals surface area contributed by atoms with Crippen molar-refractivity contribution < 1.29 is 9.21 Å². The summed E-state index contributed by atoms with van der Waals surface area (Å²) in [4.78, 5) is 15.6. The Balaban J connectivity index is 2.18. The summed E-state index contributed by atoms with van der Waals surface area (Å²) < 4.78 is 5.09. The Morgan fingerprint density at radius 3 is 2.76 bits per heavy atom. The minimum Gasteiger partial charge on any atom is -0.436 e. The van der Waals surface area contributed by atoms with Crippen molar-refractivity contribution in [2.75, 3.05) is 5.32 Å². The van der Waals surface area contributed by atoms with Crippen molar-refractivity contribution in [2.45, 2.75) is 6.92 Å². The summed E-state index contributed by atoms with van der Waals surface area (Å²) in [5.74, 6) is 0.153. The van der Waals surface area contributed by atoms with Crippen molar-refractivity contribution in [3.05, 3.63) is 46.1 Å². The van der Waals surface area contributed by atoms with Gasteiger partial charge < -0.3 is 9.73 Å². The van der Waals surface area contributed by atoms with Gasteiger partial charge in [-0.25, -0.2) is 4.98 Å². The largest absolute Gasteiger partial charge is 0.436 e. The van der Waals surface area contributed by atoms with Crippen LogP contribution in [0.3, 0.4) is 0 Å². The molecule has 0 spiro atoms. The van der Waals surface area contributed by atoms with Gasteiger partial charge in [-0.2, -0.15) is 0 Å². The lowest BCUT2D eigenvalue weighted by Gasteiger charge is -2.05. The van der Waals surface area contributed by atoms with E-state index in [1.807, 2.05) is 0 Å². The zero-order valence-corrected chi connectivity index (χ0v) is 10.3. The molecule has 0 aliphatic rings. The maximum Gasteiger partial charge on any atom is 0.293 e. The summed E-state index contributed by atoms with van der Waals surface area (Å²) in [6.07, 6.45) is 1.36. The van der Waals surface area contributed by atoms with Crippen LogP contribution in [0, 0.1) is 6.92 Å². The van der Waals surface area contributed by atoms with Crippen LogP contribution < -0.4 is 5.32 Å². The normalized spacial score (nSPS) is 10.3. The summed E-state index contributed by atoms with van der Waals surface area (Å²) in [5, 5.41) is 3.47. The van der Waals surface area contributed by atoms with Gasteiger partial charge in [0.25, 0.3) is 5.91 Å². The zero-order valence-electron chi connectivity index (χ0n) is 8.83. The molecule has 1 heterocycles. The third-order valence-electron chi connectivity index (χ3n) is 2.02. The lowest BCUT2D eigenvalue weighted by atomic mass is 10.3. The SMILES string of the molecule is Cc1ncc(C(=O)Nc2ccc(Cl)cc2Cl)o1. The molecule has 1 amide bonds. The fourth-order valence-electron chi connectivity index (χ4n) is 1.24. The Hall–Kier alpha value is -1.52. The lowest BCUT2D eigenvalue weighted by Crippen LogP contribution is -2.11. The van der Waals surface area contributed by atoms with E-state index in [2.05, 4.69) is 10.3 Å². The van der Waals surface area contributed by atoms with Gasteiger partial charge in [0.05, 0.1) is 16.9 Å². The number of aromatic nitrogens is 1. The number of oxazole rings is 1. The Morgan fingerprint density at radius 2 is 2.18 bits per heavy atom. The highest BCUT2D eigenvalue weighted by Gasteiger charge is 2.12. The van der Waals surface area contributed by atoms with E-state index in [1.54, 1.807) is 25.1 Å². The van der Waals surface area contributed by atoms with E-state index < -0.39 is 5.91 Å². The van der Waals surface area contributed by atoms with Crippen LogP contribution in [0.1, 0.15) is 16.4 Å². The van der Waals surface area contributed by atoms with Crippen LogP contribution in [0.4, 0.5) is 5.69 Å². The molecule has 1 N–H and O–H groups in total. The first-order chi connectivity index (χ1) is 8.06. The van der Waals surface area contributed by atoms with Crippen LogP contribution in [-0.2, 0) is 0 Å². The second-order valence-electron chi connectivity index (χ2n) is 3.32. The molecule has 0 saturated heterocycles. The number of carbonyl (C=O) groups excluding carboxylic acids is 1. The maximum absolute atomic E-state index is 11.7. The van der Waals surface area contributed by atoms with Crippen LogP contribution in [0.5, 0.6) is 0 Å². The molecule has 2 rings (SSSR count). The molecule has 4 nitrogen and oxygen atoms in total. The third kappa shape index (κ3) is 2.78. The van der Waals surface area contributed by atoms with Crippen molar-refractivity contribution in [1.29, 1.82) is 0 Å². The van der Waals surface area contributed by atoms with E-state index in [-0.39, 0.29) is 5.76 Å². The fraction of sp³-hybridized carbons (Fsp3) is 0.0909. The monoisotopic (exact) mass is 270 g/mol. The predicted octanol–water partition coefficient (Wildman–Crippen LogP) is 3.54. The van der Waals surface area contributed by atoms with Gasteiger partial charge in [-0.1, -0.05) is 23.2 Å². The number of hydrogen-bond donors (Lipinski definition) is 1. The maximum atomic E-state index is 11.7. The zero-order chi connectivity index (χ0) is 12.4. The van der Waals surface area contributed by atoms with E-state index in [0.717, 1.165) is 0 Å². The number of nitrogens with one attached hydrogen (secondary N) is 1. The topological polar surface area (TPSA) is 55.1 Å². The molecule has 6 heteroatoms. The number of aryl methyl sites for hydroxylation is 1. The molecular weight excluding hydrogens is 263 g/mol. The molecule has 0 unspecified atom stereocenters. The summed E-state index contributed by atoms with van der Waals surface area (Å²) >= 11 is 11.7. The number of amides is 1. The average Bonchev–Trinajstić information content (AvgIpc) is 2.69. The summed E-state index contributed by atoms with van der Waals surface area (Å²) in [7, 11) is 0. The first-order valence-electron chi connectivity index (χ1n) is 4.75. The minimum atomic E-state index is -0.408. The van der Waals surface area contributed by atoms with E-state index in [0.29, 0.717) is 21.6 Å². The highest BCUT2D eigenvalue weighted by molar-refractivity contribution is 6.36. The van der Waals surface area contributed by atoms with Crippen LogP contribution >= 0.6 is 23.2 Å². The molecule has 0 fully saturated rings. The number of halogens is 2. The van der Waals surface area contributed by atoms with Crippen molar-refractivity contribution in [2.24, 2.45) is 0 Å². The molecule has 1 aromatic heterocycles. The van der Waals surface area contributed by atoms with Gasteiger partial charge in [-0.15, -0.1) is 0 Å². The molecular formula is C11H8Cl2N2O2. The average molecular weight is 271 g/mol. The van der Waals surface area contributed by atoms with E-state index in [4.69, 9.17) is 27.6 Å². The van der Waals surface area contributed by atoms with Crippen molar-refractivity contribution in [3.8, 4) is 0 Å². The van der Waals surface area contributed by atoms with Gasteiger partial charge in [0.15, 0.2) is 5.89 Å². The van der Waals surface area contributed by atoms with Crippen LogP contribution in [0.2, 0.25) is 10.0 Å². The van der Waals surface area contributed by atoms with Gasteiger partial charge in [-0.3, -0.25) is 4.79 Å². The second-order valence-corrected chi connectivity index (χ2v) is 4.17. The van der Waals surface area contributed by atoms with Gasteiger partial charge in [-0.05, 0) is 18.2 Å². The number of carbonyl (C=O) groups is 1. The molecule has 1 aromatic carbocycles. The van der Waals surface area contributed by atoms with Crippen molar-refractivity contribution in [1.82, 2.24) is 4.98 Å². The molecule has 0 bridgehead atoms. The first kappa shape index (κ1) is 12.0. The molecule has 88 valence electrons. The van der Waals surface area contributed by atoms with Gasteiger partial charge in [0, 0.05) is 11.9 Å². The smallest absolute Gasteiger partial charge is 0.293 e. The molecule has 0 radical (unpaired) electrons. The van der Waals surface area contributed by atoms with E-state index >= 15 is 0 Å². The van der Waals surface area contributed by atoms with Gasteiger partial charge in [0.2, 0.25) is 5.76 Å². The molecule has 2 aromatic rings. The number of benzene rings is 1. The number of nitrogens with zero attached hydrogens (tertiary/aromatic N) is 1. The van der Waals surface area contributed by atoms with Gasteiger partial charge in [0.1, 0.15) is 0 Å². The molecule has 0 saturated carbocycles. The third-order valence-corrected chi connectivity index (χ3v) is 2.57. The Kier molecular flexibility index (Phi) is 3.36. The highest BCUT2D eigenvalue weighted by Crippen LogP contribution is 2.25. The van der Waals surface area contributed by atoms with E-state index in [9.17, 15) is 4.79 Å². The van der Waals surface area contributed by atoms with Gasteiger partial charge >= 0.3 is 0 Å². The second kappa shape index (κ2) is 4.77. The lowest BCUT2D eigenvalue weighted by molar-refractivity contribution is 0.0995. The highest BCUT2D eigenvalue weighted by atomic mass is 35.5. The van der Waals surface area contributed by atoms with Crippen LogP contribution in [0.15, 0.2) is 28.8 Å². The van der Waals surface area contributed by atoms with Crippen LogP contribution in [-0.4, -0.2) is 10.9 Å². The Bertz CT molecular complexity index is 566. The summed E-state index contributed by atoms with van der Waals surface area (Å²) in [5.41, 5.74) is 0.468. The number of anilines is 1. The number of rotatable bonds is 2. The summed E-state index contributed by atoms with van der Waals surface area (Å²) in [6, 6.07) is 4.80. The van der Waals surface area contributed by atoms with Crippen LogP contribution in [0.25, 0.3) is 0 Å².